The summed E-state index contributed by atoms with van der Waals surface area (Å²) in [6.07, 6.45) is 2.40. The van der Waals surface area contributed by atoms with Crippen LogP contribution < -0.4 is 9.64 Å². The van der Waals surface area contributed by atoms with Crippen LogP contribution in [0.5, 0.6) is 5.88 Å². The van der Waals surface area contributed by atoms with E-state index in [2.05, 4.69) is 30.8 Å². The summed E-state index contributed by atoms with van der Waals surface area (Å²) in [7, 11) is 1.64. The first-order valence-corrected chi connectivity index (χ1v) is 7.05. The lowest BCUT2D eigenvalue weighted by atomic mass is 9.99. The monoisotopic (exact) mass is 299 g/mol. The van der Waals surface area contributed by atoms with Crippen LogP contribution in [-0.2, 0) is 0 Å². The van der Waals surface area contributed by atoms with E-state index in [-0.39, 0.29) is 0 Å². The maximum Gasteiger partial charge on any atom is 0.228 e. The molecule has 0 N–H and O–H groups in total. The standard InChI is InChI=1S/C12H18BrN3O/c1-9-7-11(17-2)15-12(14-9)16-5-3-10(8-13)4-6-16/h7,10H,3-6,8H2,1-2H3. The molecule has 0 bridgehead atoms. The van der Waals surface area contributed by atoms with E-state index in [0.717, 1.165) is 36.0 Å². The zero-order valence-electron chi connectivity index (χ0n) is 10.3. The average molecular weight is 300 g/mol. The van der Waals surface area contributed by atoms with Crippen LogP contribution in [-0.4, -0.2) is 35.5 Å². The Bertz CT molecular complexity index is 378. The number of alkyl halides is 1. The number of piperidine rings is 1. The Morgan fingerprint density at radius 1 is 1.41 bits per heavy atom. The molecule has 1 aromatic rings. The number of hydrogen-bond donors (Lipinski definition) is 0. The molecule has 0 saturated carbocycles. The smallest absolute Gasteiger partial charge is 0.228 e. The Kier molecular flexibility index (Phi) is 4.20. The van der Waals surface area contributed by atoms with Gasteiger partial charge in [0.15, 0.2) is 0 Å². The molecule has 2 heterocycles. The topological polar surface area (TPSA) is 38.2 Å². The molecule has 1 aliphatic heterocycles. The number of nitrogens with zero attached hydrogens (tertiary/aromatic N) is 3. The fraction of sp³-hybridized carbons (Fsp3) is 0.667. The van der Waals surface area contributed by atoms with Crippen molar-refractivity contribution in [2.45, 2.75) is 19.8 Å². The summed E-state index contributed by atoms with van der Waals surface area (Å²) in [5, 5.41) is 1.10. The fourth-order valence-electron chi connectivity index (χ4n) is 2.06. The second kappa shape index (κ2) is 5.67. The van der Waals surface area contributed by atoms with Crippen molar-refractivity contribution >= 4 is 21.9 Å². The molecule has 94 valence electrons. The third-order valence-electron chi connectivity index (χ3n) is 3.14. The molecule has 2 rings (SSSR count). The lowest BCUT2D eigenvalue weighted by Crippen LogP contribution is -2.35. The van der Waals surface area contributed by atoms with E-state index < -0.39 is 0 Å². The van der Waals surface area contributed by atoms with Crippen LogP contribution in [0.4, 0.5) is 5.95 Å². The SMILES string of the molecule is COc1cc(C)nc(N2CCC(CBr)CC2)n1. The quantitative estimate of drug-likeness (QED) is 0.804. The van der Waals surface area contributed by atoms with E-state index >= 15 is 0 Å². The second-order valence-electron chi connectivity index (χ2n) is 4.44. The Morgan fingerprint density at radius 2 is 2.12 bits per heavy atom. The van der Waals surface area contributed by atoms with E-state index in [4.69, 9.17) is 4.74 Å². The van der Waals surface area contributed by atoms with Crippen molar-refractivity contribution in [3.05, 3.63) is 11.8 Å². The van der Waals surface area contributed by atoms with Crippen molar-refractivity contribution in [3.8, 4) is 5.88 Å². The number of methoxy groups -OCH3 is 1. The molecule has 0 spiro atoms. The minimum atomic E-state index is 0.648. The maximum atomic E-state index is 5.18. The first kappa shape index (κ1) is 12.6. The molecular weight excluding hydrogens is 282 g/mol. The van der Waals surface area contributed by atoms with Gasteiger partial charge in [-0.25, -0.2) is 4.98 Å². The Hall–Kier alpha value is -0.840. The second-order valence-corrected chi connectivity index (χ2v) is 5.08. The highest BCUT2D eigenvalue weighted by molar-refractivity contribution is 9.09. The molecule has 0 amide bonds. The van der Waals surface area contributed by atoms with Crippen LogP contribution in [0.1, 0.15) is 18.5 Å². The lowest BCUT2D eigenvalue weighted by molar-refractivity contribution is 0.393. The zero-order valence-corrected chi connectivity index (χ0v) is 11.9. The number of hydrogen-bond acceptors (Lipinski definition) is 4. The van der Waals surface area contributed by atoms with E-state index in [0.29, 0.717) is 5.88 Å². The Balaban J connectivity index is 2.10. The minimum absolute atomic E-state index is 0.648. The molecule has 1 saturated heterocycles. The van der Waals surface area contributed by atoms with Crippen LogP contribution >= 0.6 is 15.9 Å². The number of rotatable bonds is 3. The van der Waals surface area contributed by atoms with E-state index in [1.54, 1.807) is 7.11 Å². The van der Waals surface area contributed by atoms with Crippen molar-refractivity contribution in [2.24, 2.45) is 5.92 Å². The van der Waals surface area contributed by atoms with Crippen LogP contribution in [0.3, 0.4) is 0 Å². The van der Waals surface area contributed by atoms with Crippen molar-refractivity contribution < 1.29 is 4.74 Å². The lowest BCUT2D eigenvalue weighted by Gasteiger charge is -2.31. The summed E-state index contributed by atoms with van der Waals surface area (Å²) in [4.78, 5) is 11.1. The van der Waals surface area contributed by atoms with Gasteiger partial charge in [0.1, 0.15) is 0 Å². The van der Waals surface area contributed by atoms with Gasteiger partial charge in [-0.15, -0.1) is 0 Å². The van der Waals surface area contributed by atoms with Gasteiger partial charge in [-0.05, 0) is 25.7 Å². The Labute approximate surface area is 111 Å². The minimum Gasteiger partial charge on any atom is -0.481 e. The molecule has 1 aromatic heterocycles. The summed E-state index contributed by atoms with van der Waals surface area (Å²) in [6, 6.07) is 1.86. The van der Waals surface area contributed by atoms with Crippen LogP contribution in [0, 0.1) is 12.8 Å². The van der Waals surface area contributed by atoms with Crippen molar-refractivity contribution in [3.63, 3.8) is 0 Å². The summed E-state index contributed by atoms with van der Waals surface area (Å²) in [6.45, 7) is 4.03. The zero-order chi connectivity index (χ0) is 12.3. The van der Waals surface area contributed by atoms with Gasteiger partial charge in [-0.1, -0.05) is 15.9 Å². The van der Waals surface area contributed by atoms with Gasteiger partial charge in [-0.2, -0.15) is 4.98 Å². The first-order chi connectivity index (χ1) is 8.22. The van der Waals surface area contributed by atoms with Crippen molar-refractivity contribution in [2.75, 3.05) is 30.4 Å². The van der Waals surface area contributed by atoms with Gasteiger partial charge in [0.25, 0.3) is 0 Å². The summed E-state index contributed by atoms with van der Waals surface area (Å²) < 4.78 is 5.18. The van der Waals surface area contributed by atoms with Crippen LogP contribution in [0.2, 0.25) is 0 Å². The summed E-state index contributed by atoms with van der Waals surface area (Å²) >= 11 is 3.55. The van der Waals surface area contributed by atoms with Crippen LogP contribution in [0.15, 0.2) is 6.07 Å². The van der Waals surface area contributed by atoms with Crippen molar-refractivity contribution in [1.82, 2.24) is 9.97 Å². The van der Waals surface area contributed by atoms with Gasteiger partial charge in [-0.3, -0.25) is 0 Å². The number of anilines is 1. The first-order valence-electron chi connectivity index (χ1n) is 5.93. The Morgan fingerprint density at radius 3 is 2.71 bits per heavy atom. The molecule has 17 heavy (non-hydrogen) atoms. The van der Waals surface area contributed by atoms with Gasteiger partial charge in [0, 0.05) is 30.2 Å². The molecule has 0 aromatic carbocycles. The van der Waals surface area contributed by atoms with Crippen LogP contribution in [0.25, 0.3) is 0 Å². The third kappa shape index (κ3) is 3.09. The molecule has 1 fully saturated rings. The van der Waals surface area contributed by atoms with Gasteiger partial charge in [0.2, 0.25) is 11.8 Å². The average Bonchev–Trinajstić information content (AvgIpc) is 2.38. The molecular formula is C12H18BrN3O. The number of halogens is 1. The van der Waals surface area contributed by atoms with E-state index in [1.165, 1.54) is 12.8 Å². The summed E-state index contributed by atoms with van der Waals surface area (Å²) in [5.74, 6) is 2.24. The maximum absolute atomic E-state index is 5.18. The molecule has 0 aliphatic carbocycles. The molecule has 0 unspecified atom stereocenters. The summed E-state index contributed by atoms with van der Waals surface area (Å²) in [5.41, 5.74) is 0.953. The van der Waals surface area contributed by atoms with E-state index in [1.807, 2.05) is 13.0 Å². The van der Waals surface area contributed by atoms with E-state index in [9.17, 15) is 0 Å². The van der Waals surface area contributed by atoms with Gasteiger partial charge < -0.3 is 9.64 Å². The third-order valence-corrected chi connectivity index (χ3v) is 4.06. The highest BCUT2D eigenvalue weighted by Crippen LogP contribution is 2.23. The van der Waals surface area contributed by atoms with Gasteiger partial charge >= 0.3 is 0 Å². The predicted octanol–water partition coefficient (Wildman–Crippen LogP) is 2.40. The largest absolute Gasteiger partial charge is 0.481 e. The molecule has 0 atom stereocenters. The molecule has 4 nitrogen and oxygen atoms in total. The number of aryl methyl sites for hydroxylation is 1. The number of ether oxygens (including phenoxy) is 1. The number of aromatic nitrogens is 2. The van der Waals surface area contributed by atoms with Gasteiger partial charge in [0.05, 0.1) is 7.11 Å². The fourth-order valence-corrected chi connectivity index (χ4v) is 2.71. The predicted molar refractivity (Wildman–Crippen MR) is 72.1 cm³/mol. The highest BCUT2D eigenvalue weighted by Gasteiger charge is 2.20. The highest BCUT2D eigenvalue weighted by atomic mass is 79.9. The normalized spacial score (nSPS) is 17.2. The molecule has 5 heteroatoms. The molecule has 0 radical (unpaired) electrons. The molecule has 1 aliphatic rings. The van der Waals surface area contributed by atoms with Crippen molar-refractivity contribution in [1.29, 1.82) is 0 Å².